The van der Waals surface area contributed by atoms with Gasteiger partial charge in [0, 0.05) is 0 Å². The van der Waals surface area contributed by atoms with Crippen LogP contribution in [0, 0.1) is 0 Å². The summed E-state index contributed by atoms with van der Waals surface area (Å²) in [5, 5.41) is 0. The van der Waals surface area contributed by atoms with Crippen molar-refractivity contribution in [1.29, 1.82) is 0 Å². The van der Waals surface area contributed by atoms with E-state index >= 15 is 0 Å². The van der Waals surface area contributed by atoms with Crippen LogP contribution in [-0.4, -0.2) is 72.7 Å². The van der Waals surface area contributed by atoms with Gasteiger partial charge in [0.15, 0.2) is 0 Å². The maximum atomic E-state index is 8.42. The molecular weight excluding hydrogens is 380 g/mol. The molecule has 0 aliphatic rings. The average molecular weight is 384 g/mol. The van der Waals surface area contributed by atoms with Gasteiger partial charge in [-0.3, -0.25) is 0 Å². The second-order valence-electron chi connectivity index (χ2n) is 0. The Morgan fingerprint density at radius 1 is 1.20 bits per heavy atom. The van der Waals surface area contributed by atoms with Gasteiger partial charge in [-0.2, -0.15) is 0 Å². The molecule has 0 aromatic rings. The van der Waals surface area contributed by atoms with Crippen molar-refractivity contribution in [2.24, 2.45) is 0 Å². The van der Waals surface area contributed by atoms with Crippen LogP contribution in [0.5, 0.6) is 0 Å². The molecule has 2 nitrogen and oxygen atoms in total. The van der Waals surface area contributed by atoms with Crippen molar-refractivity contribution in [1.82, 2.24) is 0 Å². The van der Waals surface area contributed by atoms with Crippen LogP contribution in [0.3, 0.4) is 0 Å². The first kappa shape index (κ1) is 15.7. The molecule has 0 spiro atoms. The monoisotopic (exact) mass is 386 g/mol. The van der Waals surface area contributed by atoms with Crippen LogP contribution in [0.15, 0.2) is 0 Å². The van der Waals surface area contributed by atoms with Gasteiger partial charge in [-0.05, 0) is 0 Å². The van der Waals surface area contributed by atoms with Gasteiger partial charge in [-0.1, -0.05) is 0 Å². The second-order valence-corrected chi connectivity index (χ2v) is 0. The van der Waals surface area contributed by atoms with E-state index < -0.39 is 0 Å². The first-order valence-corrected chi connectivity index (χ1v) is 3.31. The predicted octanol–water partition coefficient (Wildman–Crippen LogP) is -2.45. The summed E-state index contributed by atoms with van der Waals surface area (Å²) < 4.78 is 16.8. The zero-order valence-corrected chi connectivity index (χ0v) is 8.91. The topological polar surface area (TPSA) is 34.1 Å². The number of rotatable bonds is 0. The van der Waals surface area contributed by atoms with Crippen molar-refractivity contribution in [3.8, 4) is 0 Å². The fourth-order valence-corrected chi connectivity index (χ4v) is 0. The van der Waals surface area contributed by atoms with Crippen LogP contribution >= 0.6 is 0 Å². The molecule has 0 aliphatic heterocycles. The zero-order valence-electron chi connectivity index (χ0n) is 2.02. The molecule has 0 aromatic carbocycles. The summed E-state index contributed by atoms with van der Waals surface area (Å²) in [6.07, 6.45) is 0. The fourth-order valence-electron chi connectivity index (χ4n) is 0. The molecule has 0 unspecified atom stereocenters. The van der Waals surface area contributed by atoms with Gasteiger partial charge < -0.3 is 0 Å². The third-order valence-electron chi connectivity index (χ3n) is 0. The standard InChI is InChI=1S/2In.2O.Sn.4H. The predicted molar refractivity (Wildman–Crippen MR) is 24.2 cm³/mol. The summed E-state index contributed by atoms with van der Waals surface area (Å²) in [5.74, 6) is 0. The van der Waals surface area contributed by atoms with E-state index in [9.17, 15) is 0 Å². The Morgan fingerprint density at radius 3 is 1.20 bits per heavy atom. The number of hydrogen-bond acceptors (Lipinski definition) is 2. The Kier molecular flexibility index (Phi) is 111. The minimum atomic E-state index is -0.1000. The summed E-state index contributed by atoms with van der Waals surface area (Å²) in [4.78, 5) is 0. The van der Waals surface area contributed by atoms with Crippen molar-refractivity contribution in [3.63, 3.8) is 0 Å². The van der Waals surface area contributed by atoms with Gasteiger partial charge in [-0.15, -0.1) is 0 Å². The Morgan fingerprint density at radius 2 is 1.20 bits per heavy atom. The van der Waals surface area contributed by atoms with Crippen LogP contribution in [-0.2, 0) is 5.93 Å². The van der Waals surface area contributed by atoms with Crippen molar-refractivity contribution in [2.75, 3.05) is 0 Å². The van der Waals surface area contributed by atoms with Crippen molar-refractivity contribution >= 4 is 72.7 Å². The first-order valence-electron chi connectivity index (χ1n) is 0.493. The second kappa shape index (κ2) is 35.4. The normalized spacial score (nSPS) is 1.40. The van der Waals surface area contributed by atoms with E-state index in [0.29, 0.717) is 22.5 Å². The van der Waals surface area contributed by atoms with E-state index in [2.05, 4.69) is 0 Å². The Bertz CT molecular complexity index is 9.61. The van der Waals surface area contributed by atoms with Crippen molar-refractivity contribution in [2.45, 2.75) is 0 Å². The summed E-state index contributed by atoms with van der Waals surface area (Å²) in [5.41, 5.74) is 0. The van der Waals surface area contributed by atoms with Gasteiger partial charge >= 0.3 is 78.7 Å². The van der Waals surface area contributed by atoms with Crippen molar-refractivity contribution < 1.29 is 5.93 Å². The molecule has 5 heteroatoms. The molecule has 5 heavy (non-hydrogen) atoms. The molecular formula is H4In2O2Sn. The molecule has 0 amide bonds. The van der Waals surface area contributed by atoms with E-state index in [1.54, 1.807) is 0 Å². The van der Waals surface area contributed by atoms with Gasteiger partial charge in [0.1, 0.15) is 0 Å². The quantitative estimate of drug-likeness (QED) is 0.435. The Hall–Kier alpha value is 2.14. The van der Waals surface area contributed by atoms with Crippen LogP contribution in [0.4, 0.5) is 0 Å². The Labute approximate surface area is 77.3 Å². The van der Waals surface area contributed by atoms with Crippen LogP contribution < -0.4 is 0 Å². The molecule has 0 fully saturated rings. The molecule has 0 saturated carbocycles. The van der Waals surface area contributed by atoms with Gasteiger partial charge in [0.05, 0.1) is 0 Å². The maximum absolute atomic E-state index is 8.42. The van der Waals surface area contributed by atoms with E-state index in [0.717, 1.165) is 0 Å². The SMILES string of the molecule is [InH3].[O]=[InH].[O]=[Sn]. The summed E-state index contributed by atoms with van der Waals surface area (Å²) in [6.45, 7) is 0. The molecule has 2 radical (unpaired) electrons. The summed E-state index contributed by atoms with van der Waals surface area (Å²) >= 11 is 0.200. The minimum absolute atomic E-state index is 0. The molecule has 0 saturated heterocycles. The van der Waals surface area contributed by atoms with Gasteiger partial charge in [-0.25, -0.2) is 0 Å². The molecule has 0 bridgehead atoms. The molecule has 0 atom stereocenters. The van der Waals surface area contributed by atoms with Gasteiger partial charge in [0.25, 0.3) is 0 Å². The Balaban J connectivity index is -0.0000000133. The average Bonchev–Trinajstić information content (AvgIpc) is 1.50. The molecule has 0 N–H and O–H groups in total. The van der Waals surface area contributed by atoms with E-state index in [-0.39, 0.29) is 50.2 Å². The van der Waals surface area contributed by atoms with Crippen molar-refractivity contribution in [3.05, 3.63) is 0 Å². The number of hydrogen-bond donors (Lipinski definition) is 0. The zero-order chi connectivity index (χ0) is 4.00. The molecule has 0 aliphatic carbocycles. The molecule has 26 valence electrons. The summed E-state index contributed by atoms with van der Waals surface area (Å²) in [7, 11) is 0. The van der Waals surface area contributed by atoms with E-state index in [1.807, 2.05) is 0 Å². The first-order chi connectivity index (χ1) is 2.00. The summed E-state index contributed by atoms with van der Waals surface area (Å²) in [6, 6.07) is 0. The van der Waals surface area contributed by atoms with Crippen LogP contribution in [0.25, 0.3) is 0 Å². The van der Waals surface area contributed by atoms with Crippen LogP contribution in [0.2, 0.25) is 0 Å². The van der Waals surface area contributed by atoms with Gasteiger partial charge in [0.2, 0.25) is 0 Å². The van der Waals surface area contributed by atoms with Crippen LogP contribution in [0.1, 0.15) is 0 Å². The third-order valence-corrected chi connectivity index (χ3v) is 0. The van der Waals surface area contributed by atoms with E-state index in [4.69, 9.17) is 5.93 Å². The van der Waals surface area contributed by atoms with E-state index in [1.165, 1.54) is 0 Å². The molecule has 0 rings (SSSR count). The fraction of sp³-hybridized carbons (Fsp3) is 0. The molecule has 0 heterocycles. The third kappa shape index (κ3) is 23.0. The molecule has 0 aromatic heterocycles.